The minimum absolute atomic E-state index is 0.00851. The first kappa shape index (κ1) is 18.9. The number of thiophene rings is 1. The van der Waals surface area contributed by atoms with Gasteiger partial charge in [-0.05, 0) is 37.1 Å². The highest BCUT2D eigenvalue weighted by molar-refractivity contribution is 7.10. The summed E-state index contributed by atoms with van der Waals surface area (Å²) in [7, 11) is 3.55. The highest BCUT2D eigenvalue weighted by Crippen LogP contribution is 2.25. The van der Waals surface area contributed by atoms with Crippen molar-refractivity contribution >= 4 is 29.1 Å². The molecule has 2 saturated heterocycles. The van der Waals surface area contributed by atoms with Crippen LogP contribution in [0.5, 0.6) is 0 Å². The maximum atomic E-state index is 13.0. The van der Waals surface area contributed by atoms with E-state index in [1.54, 1.807) is 35.2 Å². The maximum Gasteiger partial charge on any atom is 0.245 e. The van der Waals surface area contributed by atoms with Crippen LogP contribution in [-0.4, -0.2) is 72.2 Å². The van der Waals surface area contributed by atoms with Gasteiger partial charge in [-0.1, -0.05) is 6.07 Å². The molecule has 0 aliphatic carbocycles. The summed E-state index contributed by atoms with van der Waals surface area (Å²) in [5.41, 5.74) is 0. The predicted molar refractivity (Wildman–Crippen MR) is 101 cm³/mol. The fraction of sp³-hybridized carbons (Fsp3) is 0.632. The summed E-state index contributed by atoms with van der Waals surface area (Å²) < 4.78 is 0. The third-order valence-electron chi connectivity index (χ3n) is 5.36. The average Bonchev–Trinajstić information content (AvgIpc) is 3.32. The van der Waals surface area contributed by atoms with E-state index >= 15 is 0 Å². The lowest BCUT2D eigenvalue weighted by Gasteiger charge is -2.35. The summed E-state index contributed by atoms with van der Waals surface area (Å²) in [6, 6.07) is 3.57. The Morgan fingerprint density at radius 2 is 1.88 bits per heavy atom. The van der Waals surface area contributed by atoms with Crippen LogP contribution < -0.4 is 0 Å². The van der Waals surface area contributed by atoms with Crippen LogP contribution in [-0.2, 0) is 20.8 Å². The number of hydrogen-bond acceptors (Lipinski definition) is 4. The fourth-order valence-corrected chi connectivity index (χ4v) is 4.60. The number of hydrogen-bond donors (Lipinski definition) is 0. The van der Waals surface area contributed by atoms with Gasteiger partial charge < -0.3 is 14.7 Å². The van der Waals surface area contributed by atoms with Crippen molar-refractivity contribution in [2.75, 3.05) is 33.7 Å². The molecule has 26 heavy (non-hydrogen) atoms. The lowest BCUT2D eigenvalue weighted by atomic mass is 9.95. The van der Waals surface area contributed by atoms with Crippen molar-refractivity contribution in [3.8, 4) is 0 Å². The van der Waals surface area contributed by atoms with Gasteiger partial charge in [0.2, 0.25) is 17.7 Å². The van der Waals surface area contributed by atoms with Crippen molar-refractivity contribution in [1.29, 1.82) is 0 Å². The molecule has 3 rings (SSSR count). The lowest BCUT2D eigenvalue weighted by molar-refractivity contribution is -0.145. The Morgan fingerprint density at radius 3 is 2.50 bits per heavy atom. The highest BCUT2D eigenvalue weighted by atomic mass is 32.1. The van der Waals surface area contributed by atoms with E-state index in [0.717, 1.165) is 17.7 Å². The third kappa shape index (κ3) is 4.09. The summed E-state index contributed by atoms with van der Waals surface area (Å²) in [4.78, 5) is 44.0. The Bertz CT molecular complexity index is 651. The number of carbonyl (C=O) groups excluding carboxylic acids is 3. The van der Waals surface area contributed by atoms with Gasteiger partial charge in [0, 0.05) is 44.5 Å². The Morgan fingerprint density at radius 1 is 1.15 bits per heavy atom. The molecule has 2 fully saturated rings. The maximum absolute atomic E-state index is 13.0. The molecule has 142 valence electrons. The molecule has 0 saturated carbocycles. The summed E-state index contributed by atoms with van der Waals surface area (Å²) in [6.07, 6.45) is 3.41. The van der Waals surface area contributed by atoms with Crippen LogP contribution in [0.15, 0.2) is 17.5 Å². The normalized spacial score (nSPS) is 21.1. The molecule has 7 heteroatoms. The average molecular weight is 378 g/mol. The first-order chi connectivity index (χ1) is 12.5. The van der Waals surface area contributed by atoms with Crippen LogP contribution >= 0.6 is 11.3 Å². The molecule has 0 radical (unpaired) electrons. The molecule has 0 aromatic carbocycles. The van der Waals surface area contributed by atoms with E-state index in [-0.39, 0.29) is 29.7 Å². The first-order valence-corrected chi connectivity index (χ1v) is 10.2. The van der Waals surface area contributed by atoms with Crippen molar-refractivity contribution in [3.05, 3.63) is 22.4 Å². The van der Waals surface area contributed by atoms with E-state index in [1.165, 1.54) is 0 Å². The number of rotatable bonds is 4. The van der Waals surface area contributed by atoms with Gasteiger partial charge in [-0.15, -0.1) is 11.3 Å². The number of nitrogens with zero attached hydrogens (tertiary/aromatic N) is 3. The van der Waals surface area contributed by atoms with Gasteiger partial charge >= 0.3 is 0 Å². The molecule has 0 spiro atoms. The van der Waals surface area contributed by atoms with Gasteiger partial charge in [0.05, 0.1) is 6.42 Å². The van der Waals surface area contributed by atoms with Crippen molar-refractivity contribution in [2.24, 2.45) is 5.92 Å². The molecule has 1 unspecified atom stereocenters. The monoisotopic (exact) mass is 377 g/mol. The Kier molecular flexibility index (Phi) is 5.96. The SMILES string of the molecule is CN(C)C(=O)C1CCN(C(=O)C2CCCN2C(=O)Cc2cccs2)CC1. The van der Waals surface area contributed by atoms with E-state index in [0.29, 0.717) is 38.9 Å². The third-order valence-corrected chi connectivity index (χ3v) is 6.24. The highest BCUT2D eigenvalue weighted by Gasteiger charge is 2.38. The molecule has 1 aromatic heterocycles. The zero-order valence-corrected chi connectivity index (χ0v) is 16.3. The number of likely N-dealkylation sites (tertiary alicyclic amines) is 2. The second-order valence-corrected chi connectivity index (χ2v) is 8.37. The quantitative estimate of drug-likeness (QED) is 0.801. The molecule has 1 aromatic rings. The topological polar surface area (TPSA) is 60.9 Å². The van der Waals surface area contributed by atoms with E-state index in [9.17, 15) is 14.4 Å². The number of piperidine rings is 1. The fourth-order valence-electron chi connectivity index (χ4n) is 3.91. The van der Waals surface area contributed by atoms with Crippen molar-refractivity contribution in [3.63, 3.8) is 0 Å². The van der Waals surface area contributed by atoms with Crippen molar-refractivity contribution in [2.45, 2.75) is 38.1 Å². The summed E-state index contributed by atoms with van der Waals surface area (Å²) in [5.74, 6) is 0.249. The Hall–Kier alpha value is -1.89. The number of amides is 3. The zero-order valence-electron chi connectivity index (χ0n) is 15.5. The molecule has 1 atom stereocenters. The van der Waals surface area contributed by atoms with Gasteiger partial charge in [-0.25, -0.2) is 0 Å². The van der Waals surface area contributed by atoms with Crippen LogP contribution in [0.4, 0.5) is 0 Å². The summed E-state index contributed by atoms with van der Waals surface area (Å²) in [5, 5.41) is 1.97. The molecule has 0 bridgehead atoms. The smallest absolute Gasteiger partial charge is 0.245 e. The predicted octanol–water partition coefficient (Wildman–Crippen LogP) is 1.61. The second kappa shape index (κ2) is 8.20. The molecule has 6 nitrogen and oxygen atoms in total. The first-order valence-electron chi connectivity index (χ1n) is 9.29. The van der Waals surface area contributed by atoms with E-state index in [1.807, 2.05) is 22.4 Å². The zero-order chi connectivity index (χ0) is 18.7. The van der Waals surface area contributed by atoms with Crippen molar-refractivity contribution < 1.29 is 14.4 Å². The van der Waals surface area contributed by atoms with E-state index in [2.05, 4.69) is 0 Å². The molecule has 2 aliphatic rings. The van der Waals surface area contributed by atoms with Crippen LogP contribution in [0, 0.1) is 5.92 Å². The molecule has 3 amide bonds. The summed E-state index contributed by atoms with van der Waals surface area (Å²) >= 11 is 1.57. The van der Waals surface area contributed by atoms with Crippen LogP contribution in [0.25, 0.3) is 0 Å². The van der Waals surface area contributed by atoms with Crippen LogP contribution in [0.2, 0.25) is 0 Å². The van der Waals surface area contributed by atoms with E-state index < -0.39 is 0 Å². The Balaban J connectivity index is 1.57. The van der Waals surface area contributed by atoms with E-state index in [4.69, 9.17) is 0 Å². The molecular formula is C19H27N3O3S. The minimum Gasteiger partial charge on any atom is -0.349 e. The Labute approximate surface area is 158 Å². The molecular weight excluding hydrogens is 350 g/mol. The van der Waals surface area contributed by atoms with Crippen LogP contribution in [0.3, 0.4) is 0 Å². The summed E-state index contributed by atoms with van der Waals surface area (Å²) in [6.45, 7) is 1.87. The van der Waals surface area contributed by atoms with Gasteiger partial charge in [0.1, 0.15) is 6.04 Å². The van der Waals surface area contributed by atoms with Gasteiger partial charge in [-0.2, -0.15) is 0 Å². The standard InChI is InChI=1S/C19H27N3O3S/c1-20(2)18(24)14-7-10-21(11-8-14)19(25)16-6-3-9-22(16)17(23)13-15-5-4-12-26-15/h4-5,12,14,16H,3,6-11,13H2,1-2H3. The van der Waals surface area contributed by atoms with Gasteiger partial charge in [-0.3, -0.25) is 14.4 Å². The molecule has 0 N–H and O–H groups in total. The second-order valence-electron chi connectivity index (χ2n) is 7.33. The largest absolute Gasteiger partial charge is 0.349 e. The van der Waals surface area contributed by atoms with Crippen LogP contribution in [0.1, 0.15) is 30.6 Å². The molecule has 2 aliphatic heterocycles. The minimum atomic E-state index is -0.330. The molecule has 3 heterocycles. The number of carbonyl (C=O) groups is 3. The lowest BCUT2D eigenvalue weighted by Crippen LogP contribution is -2.51. The van der Waals surface area contributed by atoms with Gasteiger partial charge in [0.15, 0.2) is 0 Å². The van der Waals surface area contributed by atoms with Crippen molar-refractivity contribution in [1.82, 2.24) is 14.7 Å². The van der Waals surface area contributed by atoms with Gasteiger partial charge in [0.25, 0.3) is 0 Å².